The molecule has 0 radical (unpaired) electrons. The maximum Gasteiger partial charge on any atom is 0.272 e. The van der Waals surface area contributed by atoms with E-state index in [0.717, 1.165) is 24.8 Å². The fourth-order valence-electron chi connectivity index (χ4n) is 3.00. The average Bonchev–Trinajstić information content (AvgIpc) is 2.40. The van der Waals surface area contributed by atoms with E-state index >= 15 is 0 Å². The maximum atomic E-state index is 11.0. The molecule has 1 aromatic rings. The van der Waals surface area contributed by atoms with E-state index < -0.39 is 0 Å². The van der Waals surface area contributed by atoms with Crippen molar-refractivity contribution in [2.24, 2.45) is 11.1 Å². The van der Waals surface area contributed by atoms with Crippen molar-refractivity contribution in [2.45, 2.75) is 38.5 Å². The number of nitro groups is 1. The van der Waals surface area contributed by atoms with Crippen LogP contribution in [-0.2, 0) is 6.42 Å². The van der Waals surface area contributed by atoms with Crippen LogP contribution in [0.15, 0.2) is 24.3 Å². The lowest BCUT2D eigenvalue weighted by Gasteiger charge is -2.36. The molecule has 0 amide bonds. The van der Waals surface area contributed by atoms with Gasteiger partial charge in [0.1, 0.15) is 0 Å². The molecular formula is C14H20N2O2. The minimum Gasteiger partial charge on any atom is -0.330 e. The Morgan fingerprint density at radius 1 is 1.22 bits per heavy atom. The van der Waals surface area contributed by atoms with E-state index in [0.29, 0.717) is 6.54 Å². The number of hydrogen-bond acceptors (Lipinski definition) is 3. The van der Waals surface area contributed by atoms with Crippen molar-refractivity contribution in [3.8, 4) is 0 Å². The van der Waals surface area contributed by atoms with Gasteiger partial charge in [-0.15, -0.1) is 0 Å². The van der Waals surface area contributed by atoms with E-state index in [4.69, 9.17) is 5.73 Å². The lowest BCUT2D eigenvalue weighted by atomic mass is 9.70. The van der Waals surface area contributed by atoms with E-state index in [9.17, 15) is 10.1 Å². The Labute approximate surface area is 107 Å². The minimum atomic E-state index is -0.289. The molecule has 0 bridgehead atoms. The van der Waals surface area contributed by atoms with E-state index in [1.807, 2.05) is 12.1 Å². The predicted molar refractivity (Wildman–Crippen MR) is 71.4 cm³/mol. The highest BCUT2D eigenvalue weighted by atomic mass is 16.6. The van der Waals surface area contributed by atoms with Crippen LogP contribution in [-0.4, -0.2) is 11.5 Å². The van der Waals surface area contributed by atoms with E-state index in [1.165, 1.54) is 19.3 Å². The van der Waals surface area contributed by atoms with Gasteiger partial charge in [0.15, 0.2) is 0 Å². The Morgan fingerprint density at radius 3 is 2.50 bits per heavy atom. The van der Waals surface area contributed by atoms with Crippen molar-refractivity contribution < 1.29 is 4.92 Å². The molecule has 4 heteroatoms. The molecule has 1 aliphatic rings. The summed E-state index contributed by atoms with van der Waals surface area (Å²) in [5.74, 6) is 0. The molecule has 1 aromatic carbocycles. The molecule has 0 spiro atoms. The Balaban J connectivity index is 2.24. The quantitative estimate of drug-likeness (QED) is 0.657. The summed E-state index contributed by atoms with van der Waals surface area (Å²) in [7, 11) is 0. The number of hydrogen-bond donors (Lipinski definition) is 1. The Bertz CT molecular complexity index is 426. The first-order valence-electron chi connectivity index (χ1n) is 6.59. The summed E-state index contributed by atoms with van der Waals surface area (Å²) < 4.78 is 0. The summed E-state index contributed by atoms with van der Waals surface area (Å²) in [5, 5.41) is 11.0. The van der Waals surface area contributed by atoms with Crippen LogP contribution >= 0.6 is 0 Å². The summed E-state index contributed by atoms with van der Waals surface area (Å²) in [5.41, 5.74) is 7.08. The highest BCUT2D eigenvalue weighted by Crippen LogP contribution is 2.39. The van der Waals surface area contributed by atoms with Gasteiger partial charge in [-0.05, 0) is 31.2 Å². The van der Waals surface area contributed by atoms with E-state index in [2.05, 4.69) is 0 Å². The fourth-order valence-corrected chi connectivity index (χ4v) is 3.00. The van der Waals surface area contributed by atoms with Crippen LogP contribution in [0.1, 0.15) is 37.7 Å². The molecule has 0 aromatic heterocycles. The second-order valence-electron chi connectivity index (χ2n) is 5.33. The minimum absolute atomic E-state index is 0.0738. The van der Waals surface area contributed by atoms with Crippen LogP contribution in [0.3, 0.4) is 0 Å². The molecule has 1 saturated carbocycles. The highest BCUT2D eigenvalue weighted by molar-refractivity contribution is 5.40. The number of nitrogens with two attached hydrogens (primary N) is 1. The van der Waals surface area contributed by atoms with Crippen molar-refractivity contribution in [1.82, 2.24) is 0 Å². The summed E-state index contributed by atoms with van der Waals surface area (Å²) in [6.07, 6.45) is 6.57. The van der Waals surface area contributed by atoms with E-state index in [-0.39, 0.29) is 16.0 Å². The molecule has 0 saturated heterocycles. The van der Waals surface area contributed by atoms with Crippen molar-refractivity contribution in [2.75, 3.05) is 6.54 Å². The van der Waals surface area contributed by atoms with Crippen molar-refractivity contribution in [1.29, 1.82) is 0 Å². The van der Waals surface area contributed by atoms with Gasteiger partial charge in [0, 0.05) is 11.6 Å². The lowest BCUT2D eigenvalue weighted by Crippen LogP contribution is -2.35. The fraction of sp³-hybridized carbons (Fsp3) is 0.571. The third-order valence-electron chi connectivity index (χ3n) is 4.10. The maximum absolute atomic E-state index is 11.0. The van der Waals surface area contributed by atoms with Crippen LogP contribution in [0, 0.1) is 15.5 Å². The summed E-state index contributed by atoms with van der Waals surface area (Å²) in [6, 6.07) is 7.04. The van der Waals surface area contributed by atoms with Gasteiger partial charge in [-0.1, -0.05) is 37.5 Å². The first kappa shape index (κ1) is 13.0. The first-order valence-corrected chi connectivity index (χ1v) is 6.59. The van der Waals surface area contributed by atoms with Crippen molar-refractivity contribution >= 4 is 5.69 Å². The summed E-state index contributed by atoms with van der Waals surface area (Å²) in [6.45, 7) is 0.624. The molecule has 18 heavy (non-hydrogen) atoms. The monoisotopic (exact) mass is 248 g/mol. The van der Waals surface area contributed by atoms with E-state index in [1.54, 1.807) is 12.1 Å². The van der Waals surface area contributed by atoms with Crippen LogP contribution in [0.2, 0.25) is 0 Å². The SMILES string of the molecule is NCC1(Cc2ccccc2[N+](=O)[O-])CCCCC1. The highest BCUT2D eigenvalue weighted by Gasteiger charge is 2.32. The number of nitrogens with zero attached hydrogens (tertiary/aromatic N) is 1. The van der Waals surface area contributed by atoms with Crippen LogP contribution in [0.4, 0.5) is 5.69 Å². The van der Waals surface area contributed by atoms with Crippen LogP contribution < -0.4 is 5.73 Å². The zero-order valence-electron chi connectivity index (χ0n) is 10.6. The van der Waals surface area contributed by atoms with Gasteiger partial charge in [-0.3, -0.25) is 10.1 Å². The molecule has 4 nitrogen and oxygen atoms in total. The molecule has 1 fully saturated rings. The van der Waals surface area contributed by atoms with Gasteiger partial charge in [-0.25, -0.2) is 0 Å². The second kappa shape index (κ2) is 5.48. The van der Waals surface area contributed by atoms with Gasteiger partial charge in [0.2, 0.25) is 0 Å². The van der Waals surface area contributed by atoms with Gasteiger partial charge in [0.05, 0.1) is 4.92 Å². The topological polar surface area (TPSA) is 69.2 Å². The number of benzene rings is 1. The molecule has 0 atom stereocenters. The number of para-hydroxylation sites is 1. The Morgan fingerprint density at radius 2 is 1.89 bits per heavy atom. The first-order chi connectivity index (χ1) is 8.67. The van der Waals surface area contributed by atoms with Gasteiger partial charge in [0.25, 0.3) is 5.69 Å². The molecule has 0 unspecified atom stereocenters. The van der Waals surface area contributed by atoms with Gasteiger partial charge >= 0.3 is 0 Å². The number of rotatable bonds is 4. The molecule has 0 heterocycles. The van der Waals surface area contributed by atoms with Crippen molar-refractivity contribution in [3.05, 3.63) is 39.9 Å². The van der Waals surface area contributed by atoms with Gasteiger partial charge in [-0.2, -0.15) is 0 Å². The largest absolute Gasteiger partial charge is 0.330 e. The third-order valence-corrected chi connectivity index (χ3v) is 4.10. The zero-order chi connectivity index (χ0) is 13.0. The van der Waals surface area contributed by atoms with Crippen LogP contribution in [0.25, 0.3) is 0 Å². The number of nitro benzene ring substituents is 1. The average molecular weight is 248 g/mol. The van der Waals surface area contributed by atoms with Crippen LogP contribution in [0.5, 0.6) is 0 Å². The molecule has 0 aliphatic heterocycles. The molecule has 2 N–H and O–H groups in total. The molecule has 2 rings (SSSR count). The summed E-state index contributed by atoms with van der Waals surface area (Å²) in [4.78, 5) is 10.7. The predicted octanol–water partition coefficient (Wildman–Crippen LogP) is 3.05. The third kappa shape index (κ3) is 2.70. The smallest absolute Gasteiger partial charge is 0.272 e. The normalized spacial score (nSPS) is 18.5. The summed E-state index contributed by atoms with van der Waals surface area (Å²) >= 11 is 0. The molecule has 98 valence electrons. The Hall–Kier alpha value is -1.42. The van der Waals surface area contributed by atoms with Crippen molar-refractivity contribution in [3.63, 3.8) is 0 Å². The standard InChI is InChI=1S/C14H20N2O2/c15-11-14(8-4-1-5-9-14)10-12-6-2-3-7-13(12)16(17)18/h2-3,6-7H,1,4-5,8-11,15H2. The molecular weight excluding hydrogens is 228 g/mol. The second-order valence-corrected chi connectivity index (χ2v) is 5.33. The van der Waals surface area contributed by atoms with Gasteiger partial charge < -0.3 is 5.73 Å². The Kier molecular flexibility index (Phi) is 3.97. The lowest BCUT2D eigenvalue weighted by molar-refractivity contribution is -0.385. The molecule has 1 aliphatic carbocycles. The zero-order valence-corrected chi connectivity index (χ0v) is 10.6.